The molecular weight excluding hydrogens is 262 g/mol. The monoisotopic (exact) mass is 275 g/mol. The van der Waals surface area contributed by atoms with Crippen LogP contribution in [0.25, 0.3) is 0 Å². The van der Waals surface area contributed by atoms with Crippen molar-refractivity contribution in [1.29, 1.82) is 0 Å². The van der Waals surface area contributed by atoms with Gasteiger partial charge in [0, 0.05) is 28.6 Å². The smallest absolute Gasteiger partial charge is 0.169 e. The Kier molecular flexibility index (Phi) is 2.96. The Morgan fingerprint density at radius 2 is 2.50 bits per heavy atom. The van der Waals surface area contributed by atoms with E-state index in [1.165, 1.54) is 11.3 Å². The molecule has 0 spiro atoms. The van der Waals surface area contributed by atoms with Gasteiger partial charge in [0.15, 0.2) is 4.67 Å². The summed E-state index contributed by atoms with van der Waals surface area (Å²) < 4.78 is 6.36. The molecule has 0 bridgehead atoms. The zero-order chi connectivity index (χ0) is 10.2. The molecule has 2 rings (SSSR count). The van der Waals surface area contributed by atoms with E-state index in [9.17, 15) is 0 Å². The number of rotatable bonds is 3. The maximum Gasteiger partial charge on any atom is 0.169 e. The van der Waals surface area contributed by atoms with Gasteiger partial charge in [-0.05, 0) is 35.8 Å². The van der Waals surface area contributed by atoms with Gasteiger partial charge in [0.2, 0.25) is 0 Å². The van der Waals surface area contributed by atoms with Crippen LogP contribution in [0.3, 0.4) is 0 Å². The summed E-state index contributed by atoms with van der Waals surface area (Å²) in [4.78, 5) is 0. The van der Waals surface area contributed by atoms with E-state index in [1.54, 1.807) is 6.26 Å². The Hall–Kier alpha value is 0.0700. The van der Waals surface area contributed by atoms with Crippen LogP contribution in [0, 0.1) is 0 Å². The average Bonchev–Trinajstić information content (AvgIpc) is 2.50. The summed E-state index contributed by atoms with van der Waals surface area (Å²) in [5, 5.41) is 3.54. The van der Waals surface area contributed by atoms with Crippen LogP contribution in [0.2, 0.25) is 0 Å². The molecule has 1 N–H and O–H groups in total. The third-order valence-electron chi connectivity index (χ3n) is 2.64. The van der Waals surface area contributed by atoms with Gasteiger partial charge in [0.1, 0.15) is 0 Å². The number of nitrogens with one attached hydrogen (secondary N) is 1. The van der Waals surface area contributed by atoms with Crippen molar-refractivity contribution in [3.05, 3.63) is 22.6 Å². The van der Waals surface area contributed by atoms with E-state index in [4.69, 9.17) is 4.42 Å². The molecule has 0 aromatic carbocycles. The number of hydrogen-bond donors (Lipinski definition) is 1. The molecule has 1 atom stereocenters. The van der Waals surface area contributed by atoms with Crippen molar-refractivity contribution < 1.29 is 4.42 Å². The molecular formula is C10H14BrNOS. The van der Waals surface area contributed by atoms with Crippen molar-refractivity contribution in [2.24, 2.45) is 0 Å². The number of halogens is 1. The summed E-state index contributed by atoms with van der Waals surface area (Å²) in [5.41, 5.74) is 1.20. The average molecular weight is 276 g/mol. The van der Waals surface area contributed by atoms with Crippen LogP contribution < -0.4 is 5.32 Å². The van der Waals surface area contributed by atoms with Crippen LogP contribution in [0.5, 0.6) is 0 Å². The standard InChI is InChI=1S/C10H14BrNOS/c1-10(2)8(6-14-10)12-4-7-3-9(11)13-5-7/h3,5,8,12H,4,6H2,1-2H3. The first-order valence-corrected chi connectivity index (χ1v) is 6.46. The van der Waals surface area contributed by atoms with Crippen molar-refractivity contribution in [3.8, 4) is 0 Å². The van der Waals surface area contributed by atoms with E-state index in [0.717, 1.165) is 11.2 Å². The third-order valence-corrected chi connectivity index (χ3v) is 4.58. The van der Waals surface area contributed by atoms with Gasteiger partial charge in [-0.3, -0.25) is 0 Å². The molecule has 4 heteroatoms. The summed E-state index contributed by atoms with van der Waals surface area (Å²) in [7, 11) is 0. The first-order valence-electron chi connectivity index (χ1n) is 4.68. The van der Waals surface area contributed by atoms with Gasteiger partial charge >= 0.3 is 0 Å². The molecule has 0 amide bonds. The molecule has 78 valence electrons. The van der Waals surface area contributed by atoms with Crippen LogP contribution in [-0.2, 0) is 6.54 Å². The molecule has 14 heavy (non-hydrogen) atoms. The lowest BCUT2D eigenvalue weighted by atomic mass is 10.0. The fraction of sp³-hybridized carbons (Fsp3) is 0.600. The van der Waals surface area contributed by atoms with Crippen molar-refractivity contribution in [3.63, 3.8) is 0 Å². The highest BCUT2D eigenvalue weighted by atomic mass is 79.9. The van der Waals surface area contributed by atoms with E-state index in [2.05, 4.69) is 35.1 Å². The SMILES string of the molecule is CC1(C)SCC1NCc1coc(Br)c1. The molecule has 1 fully saturated rings. The Labute approximate surface area is 97.0 Å². The molecule has 1 aliphatic rings. The highest BCUT2D eigenvalue weighted by Gasteiger charge is 2.38. The van der Waals surface area contributed by atoms with Gasteiger partial charge in [-0.1, -0.05) is 0 Å². The summed E-state index contributed by atoms with van der Waals surface area (Å²) in [5.74, 6) is 1.21. The van der Waals surface area contributed by atoms with E-state index in [-0.39, 0.29) is 0 Å². The molecule has 1 aromatic rings. The minimum atomic E-state index is 0.390. The molecule has 0 radical (unpaired) electrons. The van der Waals surface area contributed by atoms with E-state index in [1.807, 2.05) is 17.8 Å². The Morgan fingerprint density at radius 3 is 2.93 bits per heavy atom. The fourth-order valence-corrected chi connectivity index (χ4v) is 3.07. The summed E-state index contributed by atoms with van der Waals surface area (Å²) >= 11 is 5.31. The predicted octanol–water partition coefficient (Wildman–Crippen LogP) is 3.03. The highest BCUT2D eigenvalue weighted by molar-refractivity contribution is 9.10. The van der Waals surface area contributed by atoms with Crippen molar-refractivity contribution in [2.75, 3.05) is 5.75 Å². The molecule has 0 saturated carbocycles. The molecule has 1 saturated heterocycles. The zero-order valence-electron chi connectivity index (χ0n) is 8.34. The Morgan fingerprint density at radius 1 is 1.71 bits per heavy atom. The largest absolute Gasteiger partial charge is 0.457 e. The molecule has 0 aliphatic carbocycles. The van der Waals surface area contributed by atoms with Gasteiger partial charge in [-0.15, -0.1) is 0 Å². The van der Waals surface area contributed by atoms with Gasteiger partial charge in [0.25, 0.3) is 0 Å². The number of furan rings is 1. The lowest BCUT2D eigenvalue weighted by Gasteiger charge is -2.44. The molecule has 2 nitrogen and oxygen atoms in total. The van der Waals surface area contributed by atoms with E-state index in [0.29, 0.717) is 10.8 Å². The van der Waals surface area contributed by atoms with Crippen molar-refractivity contribution in [1.82, 2.24) is 5.32 Å². The number of hydrogen-bond acceptors (Lipinski definition) is 3. The molecule has 1 unspecified atom stereocenters. The fourth-order valence-electron chi connectivity index (χ4n) is 1.48. The minimum Gasteiger partial charge on any atom is -0.457 e. The Bertz CT molecular complexity index is 324. The van der Waals surface area contributed by atoms with E-state index < -0.39 is 0 Å². The molecule has 1 aliphatic heterocycles. The van der Waals surface area contributed by atoms with Crippen LogP contribution in [0.15, 0.2) is 21.4 Å². The van der Waals surface area contributed by atoms with Crippen LogP contribution >= 0.6 is 27.7 Å². The molecule has 1 aromatic heterocycles. The van der Waals surface area contributed by atoms with Gasteiger partial charge in [-0.2, -0.15) is 11.8 Å². The lowest BCUT2D eigenvalue weighted by molar-refractivity contribution is 0.434. The first kappa shape index (κ1) is 10.6. The zero-order valence-corrected chi connectivity index (χ0v) is 10.7. The van der Waals surface area contributed by atoms with Crippen molar-refractivity contribution in [2.45, 2.75) is 31.2 Å². The molecule has 2 heterocycles. The topological polar surface area (TPSA) is 25.2 Å². The third kappa shape index (κ3) is 2.18. The van der Waals surface area contributed by atoms with Crippen molar-refractivity contribution >= 4 is 27.7 Å². The number of thioether (sulfide) groups is 1. The lowest BCUT2D eigenvalue weighted by Crippen LogP contribution is -2.54. The van der Waals surface area contributed by atoms with Crippen LogP contribution in [0.4, 0.5) is 0 Å². The predicted molar refractivity (Wildman–Crippen MR) is 63.6 cm³/mol. The van der Waals surface area contributed by atoms with Gasteiger partial charge < -0.3 is 9.73 Å². The summed E-state index contributed by atoms with van der Waals surface area (Å²) in [6, 6.07) is 2.63. The second-order valence-electron chi connectivity index (χ2n) is 4.11. The maximum absolute atomic E-state index is 5.17. The normalized spacial score (nSPS) is 24.6. The summed E-state index contributed by atoms with van der Waals surface area (Å²) in [6.45, 7) is 5.46. The first-order chi connectivity index (χ1) is 6.58. The van der Waals surface area contributed by atoms with Gasteiger partial charge in [-0.25, -0.2) is 0 Å². The van der Waals surface area contributed by atoms with E-state index >= 15 is 0 Å². The van der Waals surface area contributed by atoms with Gasteiger partial charge in [0.05, 0.1) is 6.26 Å². The summed E-state index contributed by atoms with van der Waals surface area (Å²) in [6.07, 6.45) is 1.79. The highest BCUT2D eigenvalue weighted by Crippen LogP contribution is 2.39. The minimum absolute atomic E-state index is 0.390. The maximum atomic E-state index is 5.17. The second kappa shape index (κ2) is 3.91. The Balaban J connectivity index is 1.83. The quantitative estimate of drug-likeness (QED) is 0.918. The second-order valence-corrected chi connectivity index (χ2v) is 6.56. The van der Waals surface area contributed by atoms with Crippen LogP contribution in [0.1, 0.15) is 19.4 Å². The van der Waals surface area contributed by atoms with Crippen LogP contribution in [-0.4, -0.2) is 16.5 Å².